The fraction of sp³-hybridized carbons (Fsp3) is 0.182. The summed E-state index contributed by atoms with van der Waals surface area (Å²) in [7, 11) is -2.74. The van der Waals surface area contributed by atoms with Crippen molar-refractivity contribution in [3.63, 3.8) is 0 Å². The van der Waals surface area contributed by atoms with Crippen LogP contribution in [0.3, 0.4) is 0 Å². The second-order valence-electron chi connectivity index (χ2n) is 7.42. The zero-order valence-electron chi connectivity index (χ0n) is 17.5. The number of nitrogens with zero attached hydrogens (tertiary/aromatic N) is 1. The second kappa shape index (κ2) is 8.91. The first-order valence-corrected chi connectivity index (χ1v) is 10.9. The van der Waals surface area contributed by atoms with E-state index in [4.69, 9.17) is 4.74 Å². The van der Waals surface area contributed by atoms with Crippen LogP contribution in [0.2, 0.25) is 0 Å². The molecular formula is C22H21F2N3O4S. The van der Waals surface area contributed by atoms with Crippen molar-refractivity contribution in [2.75, 3.05) is 11.8 Å². The summed E-state index contributed by atoms with van der Waals surface area (Å²) in [5.41, 5.74) is -0.772. The predicted octanol–water partition coefficient (Wildman–Crippen LogP) is 3.83. The van der Waals surface area contributed by atoms with Gasteiger partial charge in [-0.2, -0.15) is 0 Å². The van der Waals surface area contributed by atoms with Gasteiger partial charge in [-0.05, 0) is 43.7 Å². The lowest BCUT2D eigenvalue weighted by Gasteiger charge is -2.27. The number of pyridine rings is 1. The normalized spacial score (nSPS) is 11.7. The summed E-state index contributed by atoms with van der Waals surface area (Å²) in [5.74, 6) is -2.41. The summed E-state index contributed by atoms with van der Waals surface area (Å²) in [5, 5.41) is 2.68. The number of carbonyl (C=O) groups is 1. The first-order chi connectivity index (χ1) is 15.0. The molecule has 0 saturated carbocycles. The Kier molecular flexibility index (Phi) is 6.45. The van der Waals surface area contributed by atoms with Crippen LogP contribution in [0.5, 0.6) is 5.75 Å². The molecule has 3 aromatic rings. The number of methoxy groups -OCH3 is 1. The van der Waals surface area contributed by atoms with E-state index in [9.17, 15) is 22.0 Å². The number of amides is 1. The summed E-state index contributed by atoms with van der Waals surface area (Å²) < 4.78 is 60.3. The van der Waals surface area contributed by atoms with Gasteiger partial charge < -0.3 is 10.1 Å². The lowest BCUT2D eigenvalue weighted by Crippen LogP contribution is -2.41. The minimum Gasteiger partial charge on any atom is -0.495 e. The van der Waals surface area contributed by atoms with Crippen molar-refractivity contribution >= 4 is 21.6 Å². The Labute approximate surface area is 184 Å². The third kappa shape index (κ3) is 5.02. The highest BCUT2D eigenvalue weighted by atomic mass is 32.2. The van der Waals surface area contributed by atoms with Crippen LogP contribution < -0.4 is 14.8 Å². The molecule has 1 amide bonds. The maximum atomic E-state index is 13.7. The molecule has 0 saturated heterocycles. The highest BCUT2D eigenvalue weighted by Crippen LogP contribution is 2.25. The Hall–Kier alpha value is -3.53. The molecule has 0 unspecified atom stereocenters. The Balaban J connectivity index is 1.91. The number of hydrogen-bond acceptors (Lipinski definition) is 5. The Morgan fingerprint density at radius 2 is 1.75 bits per heavy atom. The fourth-order valence-corrected chi connectivity index (χ4v) is 4.23. The van der Waals surface area contributed by atoms with Crippen LogP contribution in [-0.2, 0) is 15.6 Å². The first-order valence-electron chi connectivity index (χ1n) is 9.42. The van der Waals surface area contributed by atoms with Gasteiger partial charge in [0.2, 0.25) is 0 Å². The van der Waals surface area contributed by atoms with E-state index in [1.807, 2.05) is 0 Å². The van der Waals surface area contributed by atoms with E-state index < -0.39 is 33.1 Å². The van der Waals surface area contributed by atoms with E-state index in [0.29, 0.717) is 11.3 Å². The average Bonchev–Trinajstić information content (AvgIpc) is 2.75. The van der Waals surface area contributed by atoms with Crippen LogP contribution in [0, 0.1) is 11.6 Å². The average molecular weight is 461 g/mol. The number of ether oxygens (including phenoxy) is 1. The van der Waals surface area contributed by atoms with Crippen molar-refractivity contribution < 1.29 is 26.7 Å². The molecule has 0 spiro atoms. The van der Waals surface area contributed by atoms with Gasteiger partial charge in [0.15, 0.2) is 11.6 Å². The molecule has 168 valence electrons. The smallest absolute Gasteiger partial charge is 0.262 e. The topological polar surface area (TPSA) is 97.4 Å². The SMILES string of the molecule is COc1cncc(NS(=O)(=O)c2ccccc2C(=O)NC(C)(C)c2ccc(F)c(F)c2)c1. The van der Waals surface area contributed by atoms with Crippen LogP contribution in [0.1, 0.15) is 29.8 Å². The van der Waals surface area contributed by atoms with E-state index in [1.165, 1.54) is 55.9 Å². The molecule has 32 heavy (non-hydrogen) atoms. The molecule has 0 atom stereocenters. The number of sulfonamides is 1. The van der Waals surface area contributed by atoms with Crippen molar-refractivity contribution in [3.8, 4) is 5.75 Å². The highest BCUT2D eigenvalue weighted by molar-refractivity contribution is 7.92. The maximum Gasteiger partial charge on any atom is 0.262 e. The van der Waals surface area contributed by atoms with Gasteiger partial charge in [0.25, 0.3) is 15.9 Å². The number of carbonyl (C=O) groups excluding carboxylic acids is 1. The van der Waals surface area contributed by atoms with E-state index in [2.05, 4.69) is 15.0 Å². The second-order valence-corrected chi connectivity index (χ2v) is 9.07. The number of anilines is 1. The molecule has 0 fully saturated rings. The van der Waals surface area contributed by atoms with Crippen LogP contribution in [0.25, 0.3) is 0 Å². The van der Waals surface area contributed by atoms with Gasteiger partial charge in [0.05, 0.1) is 36.3 Å². The molecule has 2 aromatic carbocycles. The Bertz CT molecular complexity index is 1260. The first kappa shape index (κ1) is 23.1. The number of halogens is 2. The van der Waals surface area contributed by atoms with E-state index in [1.54, 1.807) is 13.8 Å². The molecule has 1 aromatic heterocycles. The molecule has 0 aliphatic heterocycles. The molecule has 0 radical (unpaired) electrons. The summed E-state index contributed by atoms with van der Waals surface area (Å²) in [6, 6.07) is 10.4. The maximum absolute atomic E-state index is 13.7. The largest absolute Gasteiger partial charge is 0.495 e. The van der Waals surface area contributed by atoms with E-state index >= 15 is 0 Å². The highest BCUT2D eigenvalue weighted by Gasteiger charge is 2.28. The summed E-state index contributed by atoms with van der Waals surface area (Å²) in [4.78, 5) is 16.6. The predicted molar refractivity (Wildman–Crippen MR) is 115 cm³/mol. The van der Waals surface area contributed by atoms with Gasteiger partial charge >= 0.3 is 0 Å². The quantitative estimate of drug-likeness (QED) is 0.557. The standard InChI is InChI=1S/C22H21F2N3O4S/c1-22(2,14-8-9-18(23)19(24)10-14)26-21(28)17-6-4-5-7-20(17)32(29,30)27-15-11-16(31-3)13-25-12-15/h4-13,27H,1-3H3,(H,26,28). The van der Waals surface area contributed by atoms with E-state index in [0.717, 1.165) is 12.1 Å². The minimum atomic E-state index is -4.16. The summed E-state index contributed by atoms with van der Waals surface area (Å²) in [6.45, 7) is 3.18. The van der Waals surface area contributed by atoms with Crippen molar-refractivity contribution in [2.24, 2.45) is 0 Å². The Morgan fingerprint density at radius 1 is 1.03 bits per heavy atom. The van der Waals surface area contributed by atoms with Gasteiger partial charge in [-0.3, -0.25) is 14.5 Å². The monoisotopic (exact) mass is 461 g/mol. The Morgan fingerprint density at radius 3 is 2.44 bits per heavy atom. The van der Waals surface area contributed by atoms with Gasteiger partial charge in [-0.25, -0.2) is 17.2 Å². The van der Waals surface area contributed by atoms with Crippen LogP contribution in [-0.4, -0.2) is 26.4 Å². The molecule has 1 heterocycles. The summed E-state index contributed by atoms with van der Waals surface area (Å²) in [6.07, 6.45) is 2.72. The minimum absolute atomic E-state index is 0.119. The number of hydrogen-bond donors (Lipinski definition) is 2. The molecule has 3 rings (SSSR count). The van der Waals surface area contributed by atoms with Gasteiger partial charge in [-0.15, -0.1) is 0 Å². The van der Waals surface area contributed by atoms with Crippen molar-refractivity contribution in [1.82, 2.24) is 10.3 Å². The fourth-order valence-electron chi connectivity index (χ4n) is 2.99. The number of rotatable bonds is 7. The third-order valence-corrected chi connectivity index (χ3v) is 6.13. The number of aromatic nitrogens is 1. The zero-order valence-corrected chi connectivity index (χ0v) is 18.3. The number of nitrogens with one attached hydrogen (secondary N) is 2. The number of benzene rings is 2. The molecule has 0 aliphatic carbocycles. The van der Waals surface area contributed by atoms with Crippen molar-refractivity contribution in [3.05, 3.63) is 83.7 Å². The van der Waals surface area contributed by atoms with Crippen molar-refractivity contribution in [2.45, 2.75) is 24.3 Å². The van der Waals surface area contributed by atoms with Crippen LogP contribution in [0.15, 0.2) is 65.8 Å². The van der Waals surface area contributed by atoms with Gasteiger partial charge in [0.1, 0.15) is 10.6 Å². The summed E-state index contributed by atoms with van der Waals surface area (Å²) >= 11 is 0. The van der Waals surface area contributed by atoms with Gasteiger partial charge in [-0.1, -0.05) is 18.2 Å². The lowest BCUT2D eigenvalue weighted by atomic mass is 9.93. The molecule has 10 heteroatoms. The molecule has 2 N–H and O–H groups in total. The zero-order chi connectivity index (χ0) is 23.5. The van der Waals surface area contributed by atoms with Crippen LogP contribution >= 0.6 is 0 Å². The molecule has 0 bridgehead atoms. The lowest BCUT2D eigenvalue weighted by molar-refractivity contribution is 0.0908. The van der Waals surface area contributed by atoms with Crippen LogP contribution in [0.4, 0.5) is 14.5 Å². The molecular weight excluding hydrogens is 440 g/mol. The molecule has 0 aliphatic rings. The van der Waals surface area contributed by atoms with Gasteiger partial charge in [0, 0.05) is 6.07 Å². The van der Waals surface area contributed by atoms with Crippen molar-refractivity contribution in [1.29, 1.82) is 0 Å². The van der Waals surface area contributed by atoms with E-state index in [-0.39, 0.29) is 16.1 Å². The molecule has 7 nitrogen and oxygen atoms in total. The third-order valence-electron chi connectivity index (χ3n) is 4.69.